The first kappa shape index (κ1) is 12.2. The van der Waals surface area contributed by atoms with Crippen molar-refractivity contribution >= 4 is 43.5 Å². The van der Waals surface area contributed by atoms with E-state index < -0.39 is 0 Å². The fourth-order valence-corrected chi connectivity index (χ4v) is 2.88. The third-order valence-electron chi connectivity index (χ3n) is 2.36. The molecule has 1 nitrogen and oxygen atoms in total. The molecule has 0 radical (unpaired) electrons. The van der Waals surface area contributed by atoms with Crippen LogP contribution in [0.1, 0.15) is 22.3 Å². The Bertz CT molecular complexity index is 507. The van der Waals surface area contributed by atoms with E-state index in [0.717, 1.165) is 25.8 Å². The molecule has 0 aliphatic carbocycles. The van der Waals surface area contributed by atoms with Crippen LogP contribution in [0, 0.1) is 6.92 Å². The largest absolute Gasteiger partial charge is 0.467 e. The third-order valence-corrected chi connectivity index (χ3v) is 4.01. The SMILES string of the molecule is Cc1ccoc1C(Cl)c1cc(Br)ccc1Br. The van der Waals surface area contributed by atoms with E-state index in [0.29, 0.717) is 0 Å². The lowest BCUT2D eigenvalue weighted by atomic mass is 10.1. The van der Waals surface area contributed by atoms with Crippen molar-refractivity contribution in [3.63, 3.8) is 0 Å². The van der Waals surface area contributed by atoms with Gasteiger partial charge in [-0.25, -0.2) is 0 Å². The molecular weight excluding hydrogens is 355 g/mol. The van der Waals surface area contributed by atoms with Crippen LogP contribution in [0.25, 0.3) is 0 Å². The highest BCUT2D eigenvalue weighted by Gasteiger charge is 2.19. The molecule has 1 aromatic carbocycles. The van der Waals surface area contributed by atoms with Gasteiger partial charge in [-0.15, -0.1) is 11.6 Å². The van der Waals surface area contributed by atoms with Crippen molar-refractivity contribution in [3.05, 3.63) is 56.4 Å². The maximum Gasteiger partial charge on any atom is 0.129 e. The van der Waals surface area contributed by atoms with Crippen LogP contribution in [0.3, 0.4) is 0 Å². The number of benzene rings is 1. The average Bonchev–Trinajstić information content (AvgIpc) is 2.67. The van der Waals surface area contributed by atoms with E-state index >= 15 is 0 Å². The normalized spacial score (nSPS) is 12.8. The van der Waals surface area contributed by atoms with Crippen LogP contribution >= 0.6 is 43.5 Å². The van der Waals surface area contributed by atoms with Gasteiger partial charge in [0.05, 0.1) is 6.26 Å². The Labute approximate surface area is 116 Å². The summed E-state index contributed by atoms with van der Waals surface area (Å²) in [6, 6.07) is 7.83. The molecule has 1 unspecified atom stereocenters. The number of furan rings is 1. The Morgan fingerprint density at radius 2 is 2.00 bits per heavy atom. The molecule has 2 rings (SSSR count). The Kier molecular flexibility index (Phi) is 3.77. The van der Waals surface area contributed by atoms with Crippen LogP contribution in [-0.4, -0.2) is 0 Å². The molecule has 0 saturated carbocycles. The van der Waals surface area contributed by atoms with E-state index in [1.54, 1.807) is 6.26 Å². The lowest BCUT2D eigenvalue weighted by Crippen LogP contribution is -1.94. The Balaban J connectivity index is 2.45. The van der Waals surface area contributed by atoms with Gasteiger partial charge in [0.2, 0.25) is 0 Å². The number of hydrogen-bond acceptors (Lipinski definition) is 1. The summed E-state index contributed by atoms with van der Waals surface area (Å²) in [4.78, 5) is 0. The van der Waals surface area contributed by atoms with Gasteiger partial charge in [0.25, 0.3) is 0 Å². The minimum absolute atomic E-state index is 0.276. The van der Waals surface area contributed by atoms with Gasteiger partial charge >= 0.3 is 0 Å². The average molecular weight is 364 g/mol. The van der Waals surface area contributed by atoms with Crippen LogP contribution in [0.4, 0.5) is 0 Å². The lowest BCUT2D eigenvalue weighted by molar-refractivity contribution is 0.513. The summed E-state index contributed by atoms with van der Waals surface area (Å²) < 4.78 is 7.39. The van der Waals surface area contributed by atoms with E-state index in [-0.39, 0.29) is 5.38 Å². The van der Waals surface area contributed by atoms with Crippen molar-refractivity contribution in [2.24, 2.45) is 0 Å². The van der Waals surface area contributed by atoms with Gasteiger partial charge in [-0.05, 0) is 42.3 Å². The standard InChI is InChI=1S/C12H9Br2ClO/c1-7-4-5-16-12(7)11(15)9-6-8(13)2-3-10(9)14/h2-6,11H,1H3. The van der Waals surface area contributed by atoms with Crippen molar-refractivity contribution in [2.75, 3.05) is 0 Å². The molecule has 1 atom stereocenters. The zero-order valence-electron chi connectivity index (χ0n) is 8.51. The number of hydrogen-bond donors (Lipinski definition) is 0. The highest BCUT2D eigenvalue weighted by molar-refractivity contribution is 9.11. The Hall–Kier alpha value is -0.250. The number of halogens is 3. The van der Waals surface area contributed by atoms with Crippen LogP contribution in [0.15, 0.2) is 43.9 Å². The molecule has 0 spiro atoms. The van der Waals surface area contributed by atoms with Crippen molar-refractivity contribution in [1.29, 1.82) is 0 Å². The summed E-state index contributed by atoms with van der Waals surface area (Å²) in [7, 11) is 0. The minimum atomic E-state index is -0.276. The minimum Gasteiger partial charge on any atom is -0.467 e. The van der Waals surface area contributed by atoms with Crippen molar-refractivity contribution in [1.82, 2.24) is 0 Å². The first-order valence-electron chi connectivity index (χ1n) is 4.72. The predicted molar refractivity (Wildman–Crippen MR) is 73.0 cm³/mol. The lowest BCUT2D eigenvalue weighted by Gasteiger charge is -2.11. The third kappa shape index (κ3) is 2.36. The Morgan fingerprint density at radius 3 is 2.62 bits per heavy atom. The van der Waals surface area contributed by atoms with Gasteiger partial charge < -0.3 is 4.42 Å². The molecule has 0 N–H and O–H groups in total. The van der Waals surface area contributed by atoms with Crippen LogP contribution in [0.2, 0.25) is 0 Å². The quantitative estimate of drug-likeness (QED) is 0.647. The van der Waals surface area contributed by atoms with E-state index in [1.807, 2.05) is 31.2 Å². The molecule has 0 amide bonds. The smallest absolute Gasteiger partial charge is 0.129 e. The maximum absolute atomic E-state index is 6.41. The zero-order chi connectivity index (χ0) is 11.7. The van der Waals surface area contributed by atoms with Gasteiger partial charge in [-0.2, -0.15) is 0 Å². The summed E-state index contributed by atoms with van der Waals surface area (Å²) in [5.74, 6) is 0.792. The second-order valence-electron chi connectivity index (χ2n) is 3.50. The highest BCUT2D eigenvalue weighted by Crippen LogP contribution is 2.36. The van der Waals surface area contributed by atoms with Crippen LogP contribution in [-0.2, 0) is 0 Å². The van der Waals surface area contributed by atoms with E-state index in [9.17, 15) is 0 Å². The monoisotopic (exact) mass is 362 g/mol. The summed E-state index contributed by atoms with van der Waals surface area (Å²) in [5, 5.41) is -0.276. The van der Waals surface area contributed by atoms with Crippen molar-refractivity contribution < 1.29 is 4.42 Å². The molecule has 0 saturated heterocycles. The van der Waals surface area contributed by atoms with E-state index in [4.69, 9.17) is 16.0 Å². The molecule has 0 bridgehead atoms. The fraction of sp³-hybridized carbons (Fsp3) is 0.167. The molecule has 16 heavy (non-hydrogen) atoms. The van der Waals surface area contributed by atoms with Gasteiger partial charge in [0.1, 0.15) is 11.1 Å². The fourth-order valence-electron chi connectivity index (χ4n) is 1.49. The van der Waals surface area contributed by atoms with Crippen LogP contribution in [0.5, 0.6) is 0 Å². The first-order valence-corrected chi connectivity index (χ1v) is 6.75. The molecule has 84 valence electrons. The van der Waals surface area contributed by atoms with E-state index in [1.165, 1.54) is 0 Å². The van der Waals surface area contributed by atoms with Gasteiger partial charge in [0.15, 0.2) is 0 Å². The molecule has 1 aromatic heterocycles. The van der Waals surface area contributed by atoms with Gasteiger partial charge in [-0.1, -0.05) is 31.9 Å². The molecule has 4 heteroatoms. The highest BCUT2D eigenvalue weighted by atomic mass is 79.9. The molecule has 0 aliphatic heterocycles. The molecular formula is C12H9Br2ClO. The topological polar surface area (TPSA) is 13.1 Å². The van der Waals surface area contributed by atoms with Crippen molar-refractivity contribution in [2.45, 2.75) is 12.3 Å². The summed E-state index contributed by atoms with van der Waals surface area (Å²) >= 11 is 13.3. The number of rotatable bonds is 2. The molecule has 0 fully saturated rings. The van der Waals surface area contributed by atoms with Gasteiger partial charge in [0, 0.05) is 8.95 Å². The molecule has 1 heterocycles. The first-order chi connectivity index (χ1) is 7.59. The second kappa shape index (κ2) is 4.94. The summed E-state index contributed by atoms with van der Waals surface area (Å²) in [6.45, 7) is 1.99. The molecule has 0 aliphatic rings. The zero-order valence-corrected chi connectivity index (χ0v) is 12.4. The molecule has 2 aromatic rings. The van der Waals surface area contributed by atoms with Gasteiger partial charge in [-0.3, -0.25) is 0 Å². The van der Waals surface area contributed by atoms with Crippen molar-refractivity contribution in [3.8, 4) is 0 Å². The maximum atomic E-state index is 6.41. The summed E-state index contributed by atoms with van der Waals surface area (Å²) in [5.41, 5.74) is 2.06. The second-order valence-corrected chi connectivity index (χ2v) is 5.70. The predicted octanol–water partition coefficient (Wildman–Crippen LogP) is 5.44. The van der Waals surface area contributed by atoms with E-state index in [2.05, 4.69) is 31.9 Å². The number of alkyl halides is 1. The summed E-state index contributed by atoms with van der Waals surface area (Å²) in [6.07, 6.45) is 1.66. The number of aryl methyl sites for hydroxylation is 1. The Morgan fingerprint density at radius 1 is 1.25 bits per heavy atom. The van der Waals surface area contributed by atoms with Crippen LogP contribution < -0.4 is 0 Å².